The number of aromatic nitrogens is 4. The molecule has 0 aliphatic heterocycles. The van der Waals surface area contributed by atoms with Crippen LogP contribution in [0.15, 0.2) is 85.1 Å². The van der Waals surface area contributed by atoms with Crippen molar-refractivity contribution in [2.75, 3.05) is 0 Å². The fraction of sp³-hybridized carbons (Fsp3) is 0.0385. The summed E-state index contributed by atoms with van der Waals surface area (Å²) in [5.41, 5.74) is 4.97. The third-order valence-electron chi connectivity index (χ3n) is 5.56. The minimum absolute atomic E-state index is 0.000693. The first-order valence-corrected chi connectivity index (χ1v) is 10.5. The Balaban J connectivity index is 1.67. The van der Waals surface area contributed by atoms with Gasteiger partial charge in [0.15, 0.2) is 5.82 Å². The number of nitriles is 1. The number of hydrogen-bond donors (Lipinski definition) is 0. The molecule has 0 spiro atoms. The number of para-hydroxylation sites is 3. The van der Waals surface area contributed by atoms with Gasteiger partial charge in [-0.3, -0.25) is 10.1 Å². The lowest BCUT2D eigenvalue weighted by Crippen LogP contribution is -1.96. The maximum absolute atomic E-state index is 11.1. The number of nitro benzene ring substituents is 1. The zero-order valence-corrected chi connectivity index (χ0v) is 18.2. The number of nitro groups is 1. The van der Waals surface area contributed by atoms with Crippen LogP contribution in [-0.4, -0.2) is 24.3 Å². The van der Waals surface area contributed by atoms with Crippen LogP contribution in [0.1, 0.15) is 11.4 Å². The van der Waals surface area contributed by atoms with Gasteiger partial charge in [0.25, 0.3) is 5.69 Å². The van der Waals surface area contributed by atoms with E-state index in [1.807, 2.05) is 72.4 Å². The second kappa shape index (κ2) is 8.48. The molecule has 2 heterocycles. The molecule has 34 heavy (non-hydrogen) atoms. The summed E-state index contributed by atoms with van der Waals surface area (Å²) in [6.07, 6.45) is 3.59. The molecule has 164 valence electrons. The first kappa shape index (κ1) is 20.8. The van der Waals surface area contributed by atoms with E-state index >= 15 is 0 Å². The van der Waals surface area contributed by atoms with Crippen LogP contribution in [0.4, 0.5) is 5.69 Å². The number of benzene rings is 3. The lowest BCUT2D eigenvalue weighted by molar-refractivity contribution is -0.384. The van der Waals surface area contributed by atoms with Gasteiger partial charge < -0.3 is 4.57 Å². The topological polar surface area (TPSA) is 103 Å². The van der Waals surface area contributed by atoms with Crippen molar-refractivity contribution in [2.24, 2.45) is 7.05 Å². The highest BCUT2D eigenvalue weighted by Gasteiger charge is 2.17. The van der Waals surface area contributed by atoms with Crippen molar-refractivity contribution in [1.29, 1.82) is 5.26 Å². The van der Waals surface area contributed by atoms with E-state index in [0.29, 0.717) is 28.2 Å². The lowest BCUT2D eigenvalue weighted by atomic mass is 10.1. The van der Waals surface area contributed by atoms with E-state index in [-0.39, 0.29) is 5.69 Å². The van der Waals surface area contributed by atoms with E-state index in [9.17, 15) is 15.4 Å². The van der Waals surface area contributed by atoms with E-state index in [1.54, 1.807) is 22.9 Å². The fourth-order valence-electron chi connectivity index (χ4n) is 3.86. The van der Waals surface area contributed by atoms with Crippen LogP contribution in [-0.2, 0) is 7.05 Å². The predicted octanol–water partition coefficient (Wildman–Crippen LogP) is 5.40. The Morgan fingerprint density at radius 3 is 2.41 bits per heavy atom. The first-order chi connectivity index (χ1) is 16.5. The lowest BCUT2D eigenvalue weighted by Gasteiger charge is -2.02. The Morgan fingerprint density at radius 1 is 1.03 bits per heavy atom. The van der Waals surface area contributed by atoms with Crippen LogP contribution in [0.2, 0.25) is 0 Å². The number of allylic oxidation sites excluding steroid dienone is 1. The molecule has 2 aromatic heterocycles. The van der Waals surface area contributed by atoms with Crippen molar-refractivity contribution >= 4 is 28.4 Å². The Bertz CT molecular complexity index is 1590. The molecule has 0 aliphatic carbocycles. The summed E-state index contributed by atoms with van der Waals surface area (Å²) in [5, 5.41) is 25.8. The number of non-ortho nitro benzene ring substituents is 1. The first-order valence-electron chi connectivity index (χ1n) is 10.5. The molecular formula is C26H18N6O2. The molecular weight excluding hydrogens is 428 g/mol. The second-order valence-corrected chi connectivity index (χ2v) is 7.67. The van der Waals surface area contributed by atoms with Gasteiger partial charge in [-0.15, -0.1) is 0 Å². The Labute approximate surface area is 194 Å². The Hall–Kier alpha value is -5.03. The average molecular weight is 446 g/mol. The van der Waals surface area contributed by atoms with Crippen molar-refractivity contribution in [3.8, 4) is 23.0 Å². The van der Waals surface area contributed by atoms with Crippen LogP contribution in [0.5, 0.6) is 0 Å². The van der Waals surface area contributed by atoms with Gasteiger partial charge in [0.2, 0.25) is 0 Å². The molecule has 0 radical (unpaired) electrons. The van der Waals surface area contributed by atoms with Gasteiger partial charge in [-0.2, -0.15) is 10.4 Å². The van der Waals surface area contributed by atoms with Crippen LogP contribution in [0, 0.1) is 21.4 Å². The fourth-order valence-corrected chi connectivity index (χ4v) is 3.86. The molecule has 0 fully saturated rings. The molecule has 8 heteroatoms. The van der Waals surface area contributed by atoms with E-state index in [0.717, 1.165) is 16.7 Å². The van der Waals surface area contributed by atoms with Gasteiger partial charge >= 0.3 is 0 Å². The van der Waals surface area contributed by atoms with E-state index < -0.39 is 4.92 Å². The molecule has 0 N–H and O–H groups in total. The molecule has 8 nitrogen and oxygen atoms in total. The molecule has 0 atom stereocenters. The van der Waals surface area contributed by atoms with Crippen molar-refractivity contribution in [1.82, 2.24) is 19.3 Å². The van der Waals surface area contributed by atoms with Gasteiger partial charge in [-0.25, -0.2) is 9.67 Å². The molecule has 3 aromatic carbocycles. The van der Waals surface area contributed by atoms with Crippen LogP contribution >= 0.6 is 0 Å². The summed E-state index contributed by atoms with van der Waals surface area (Å²) in [5.74, 6) is 0.547. The molecule has 0 saturated heterocycles. The van der Waals surface area contributed by atoms with Crippen molar-refractivity contribution in [3.63, 3.8) is 0 Å². The van der Waals surface area contributed by atoms with Crippen LogP contribution < -0.4 is 0 Å². The highest BCUT2D eigenvalue weighted by Crippen LogP contribution is 2.29. The monoisotopic (exact) mass is 446 g/mol. The molecule has 0 amide bonds. The third kappa shape index (κ3) is 3.72. The standard InChI is InChI=1S/C26H18N6O2/c1-30-24-10-6-5-9-23(24)28-26(30)19(16-27)15-20-17-31(21-7-3-2-4-8-21)29-25(20)18-11-13-22(14-12-18)32(33)34/h2-15,17H,1H3/b19-15+. The zero-order valence-electron chi connectivity index (χ0n) is 18.2. The number of aryl methyl sites for hydroxylation is 1. The van der Waals surface area contributed by atoms with Crippen molar-refractivity contribution < 1.29 is 4.92 Å². The smallest absolute Gasteiger partial charge is 0.269 e. The predicted molar refractivity (Wildman–Crippen MR) is 130 cm³/mol. The number of hydrogen-bond acceptors (Lipinski definition) is 5. The Kier molecular flexibility index (Phi) is 5.20. The van der Waals surface area contributed by atoms with Gasteiger partial charge in [0.1, 0.15) is 11.8 Å². The molecule has 0 unspecified atom stereocenters. The second-order valence-electron chi connectivity index (χ2n) is 7.67. The highest BCUT2D eigenvalue weighted by atomic mass is 16.6. The molecule has 0 aliphatic rings. The molecule has 5 aromatic rings. The largest absolute Gasteiger partial charge is 0.327 e. The Morgan fingerprint density at radius 2 is 1.74 bits per heavy atom. The van der Waals surface area contributed by atoms with Crippen molar-refractivity contribution in [3.05, 3.63) is 107 Å². The SMILES string of the molecule is Cn1c(/C(C#N)=C/c2cn(-c3ccccc3)nc2-c2ccc([N+](=O)[O-])cc2)nc2ccccc21. The summed E-state index contributed by atoms with van der Waals surface area (Å²) in [6, 6.07) is 25.8. The number of fused-ring (bicyclic) bond motifs is 1. The average Bonchev–Trinajstić information content (AvgIpc) is 3.44. The summed E-state index contributed by atoms with van der Waals surface area (Å²) in [7, 11) is 1.88. The maximum atomic E-state index is 11.1. The normalized spacial score (nSPS) is 11.5. The summed E-state index contributed by atoms with van der Waals surface area (Å²) >= 11 is 0. The summed E-state index contributed by atoms with van der Waals surface area (Å²) < 4.78 is 3.62. The van der Waals surface area contributed by atoms with E-state index in [2.05, 4.69) is 11.1 Å². The van der Waals surface area contributed by atoms with Crippen molar-refractivity contribution in [2.45, 2.75) is 0 Å². The third-order valence-corrected chi connectivity index (χ3v) is 5.56. The highest BCUT2D eigenvalue weighted by molar-refractivity contribution is 5.93. The molecule has 0 bridgehead atoms. The minimum atomic E-state index is -0.438. The summed E-state index contributed by atoms with van der Waals surface area (Å²) in [4.78, 5) is 15.3. The van der Waals surface area contributed by atoms with Crippen LogP contribution in [0.25, 0.3) is 39.6 Å². The van der Waals surface area contributed by atoms with Gasteiger partial charge in [0, 0.05) is 36.5 Å². The number of nitrogens with zero attached hydrogens (tertiary/aromatic N) is 6. The quantitative estimate of drug-likeness (QED) is 0.204. The van der Waals surface area contributed by atoms with Crippen LogP contribution in [0.3, 0.4) is 0 Å². The maximum Gasteiger partial charge on any atom is 0.269 e. The van der Waals surface area contributed by atoms with Gasteiger partial charge in [-0.05, 0) is 42.5 Å². The zero-order chi connectivity index (χ0) is 23.7. The van der Waals surface area contributed by atoms with E-state index in [4.69, 9.17) is 5.10 Å². The van der Waals surface area contributed by atoms with Gasteiger partial charge in [0.05, 0.1) is 27.2 Å². The minimum Gasteiger partial charge on any atom is -0.327 e. The van der Waals surface area contributed by atoms with Gasteiger partial charge in [-0.1, -0.05) is 30.3 Å². The number of rotatable bonds is 5. The molecule has 0 saturated carbocycles. The van der Waals surface area contributed by atoms with E-state index in [1.165, 1.54) is 12.1 Å². The summed E-state index contributed by atoms with van der Waals surface area (Å²) in [6.45, 7) is 0. The number of imidazole rings is 1. The molecule has 5 rings (SSSR count).